The molecule has 2 atom stereocenters. The lowest BCUT2D eigenvalue weighted by molar-refractivity contribution is -0.169. The van der Waals surface area contributed by atoms with Gasteiger partial charge in [0.1, 0.15) is 5.76 Å². The third kappa shape index (κ3) is 2.70. The van der Waals surface area contributed by atoms with Crippen LogP contribution in [-0.2, 0) is 9.47 Å². The standard InChI is InChI=1S/C16H15F3O2/c17-16(18,19)15(10-9-12-6-2-1-3-7-12)14(21-15)13-8-4-5-11-20-13/h1-3,6-10,14H,4-5,11H2/b10-9+/t14-,15+/m1/s1. The molecule has 2 nitrogen and oxygen atoms in total. The van der Waals surface area contributed by atoms with Crippen molar-refractivity contribution in [2.45, 2.75) is 30.7 Å². The van der Waals surface area contributed by atoms with Crippen LogP contribution in [0.3, 0.4) is 0 Å². The van der Waals surface area contributed by atoms with Crippen molar-refractivity contribution in [2.75, 3.05) is 6.61 Å². The molecule has 3 rings (SSSR count). The summed E-state index contributed by atoms with van der Waals surface area (Å²) >= 11 is 0. The van der Waals surface area contributed by atoms with Crippen molar-refractivity contribution in [1.29, 1.82) is 0 Å². The van der Waals surface area contributed by atoms with Gasteiger partial charge in [0.05, 0.1) is 6.61 Å². The van der Waals surface area contributed by atoms with Gasteiger partial charge in [0.2, 0.25) is 5.60 Å². The van der Waals surface area contributed by atoms with Gasteiger partial charge in [-0.05, 0) is 30.6 Å². The maximum Gasteiger partial charge on any atom is 0.424 e. The Bertz CT molecular complexity index is 563. The second kappa shape index (κ2) is 5.22. The fraction of sp³-hybridized carbons (Fsp3) is 0.375. The van der Waals surface area contributed by atoms with E-state index >= 15 is 0 Å². The van der Waals surface area contributed by atoms with Crippen LogP contribution in [0.15, 0.2) is 48.2 Å². The van der Waals surface area contributed by atoms with Gasteiger partial charge in [-0.1, -0.05) is 36.4 Å². The normalized spacial score (nSPS) is 29.1. The molecule has 5 heteroatoms. The van der Waals surface area contributed by atoms with Crippen molar-refractivity contribution in [3.63, 3.8) is 0 Å². The number of halogens is 3. The van der Waals surface area contributed by atoms with Gasteiger partial charge in [-0.3, -0.25) is 0 Å². The molecule has 0 saturated carbocycles. The number of epoxide rings is 1. The number of ether oxygens (including phenoxy) is 2. The monoisotopic (exact) mass is 296 g/mol. The van der Waals surface area contributed by atoms with E-state index in [1.54, 1.807) is 30.3 Å². The Morgan fingerprint density at radius 2 is 1.95 bits per heavy atom. The van der Waals surface area contributed by atoms with Crippen LogP contribution in [0.2, 0.25) is 0 Å². The second-order valence-electron chi connectivity index (χ2n) is 5.13. The molecule has 21 heavy (non-hydrogen) atoms. The van der Waals surface area contributed by atoms with E-state index in [0.29, 0.717) is 17.9 Å². The number of benzene rings is 1. The third-order valence-corrected chi connectivity index (χ3v) is 3.63. The van der Waals surface area contributed by atoms with Crippen molar-refractivity contribution in [3.8, 4) is 0 Å². The minimum absolute atomic E-state index is 0.302. The van der Waals surface area contributed by atoms with Crippen LogP contribution in [-0.4, -0.2) is 24.5 Å². The van der Waals surface area contributed by atoms with Crippen LogP contribution in [0.1, 0.15) is 18.4 Å². The summed E-state index contributed by atoms with van der Waals surface area (Å²) in [6.07, 6.45) is 0.254. The van der Waals surface area contributed by atoms with Gasteiger partial charge < -0.3 is 9.47 Å². The molecule has 2 aliphatic rings. The van der Waals surface area contributed by atoms with Gasteiger partial charge in [0, 0.05) is 0 Å². The van der Waals surface area contributed by atoms with Crippen molar-refractivity contribution in [1.82, 2.24) is 0 Å². The van der Waals surface area contributed by atoms with Crippen molar-refractivity contribution in [3.05, 3.63) is 53.8 Å². The Morgan fingerprint density at radius 1 is 1.19 bits per heavy atom. The molecule has 0 spiro atoms. The SMILES string of the molecule is FC(F)(F)[C@@]1(/C=C/c2ccccc2)O[C@@H]1C1=CCCCO1. The quantitative estimate of drug-likeness (QED) is 0.783. The first-order valence-corrected chi connectivity index (χ1v) is 6.85. The van der Waals surface area contributed by atoms with Crippen LogP contribution >= 0.6 is 0 Å². The predicted octanol–water partition coefficient (Wildman–Crippen LogP) is 4.09. The molecule has 0 radical (unpaired) electrons. The molecular weight excluding hydrogens is 281 g/mol. The summed E-state index contributed by atoms with van der Waals surface area (Å²) in [6.45, 7) is 0.446. The molecule has 0 N–H and O–H groups in total. The molecule has 1 aromatic rings. The predicted molar refractivity (Wildman–Crippen MR) is 72.4 cm³/mol. The summed E-state index contributed by atoms with van der Waals surface area (Å²) in [6, 6.07) is 8.85. The molecule has 112 valence electrons. The minimum Gasteiger partial charge on any atom is -0.495 e. The van der Waals surface area contributed by atoms with Crippen LogP contribution in [0, 0.1) is 0 Å². The number of hydrogen-bond donors (Lipinski definition) is 0. The van der Waals surface area contributed by atoms with E-state index in [9.17, 15) is 13.2 Å². The van der Waals surface area contributed by atoms with E-state index in [-0.39, 0.29) is 0 Å². The zero-order valence-corrected chi connectivity index (χ0v) is 11.3. The van der Waals surface area contributed by atoms with Crippen LogP contribution in [0.25, 0.3) is 6.08 Å². The lowest BCUT2D eigenvalue weighted by atomic mass is 10.00. The number of alkyl halides is 3. The van der Waals surface area contributed by atoms with Crippen molar-refractivity contribution in [2.24, 2.45) is 0 Å². The Kier molecular flexibility index (Phi) is 3.53. The largest absolute Gasteiger partial charge is 0.495 e. The van der Waals surface area contributed by atoms with Crippen molar-refractivity contribution >= 4 is 6.08 Å². The highest BCUT2D eigenvalue weighted by atomic mass is 19.4. The van der Waals surface area contributed by atoms with Gasteiger partial charge in [-0.15, -0.1) is 0 Å². The van der Waals surface area contributed by atoms with Crippen LogP contribution < -0.4 is 0 Å². The Labute approximate surface area is 120 Å². The molecule has 0 bridgehead atoms. The molecular formula is C16H15F3O2. The smallest absolute Gasteiger partial charge is 0.424 e. The summed E-state index contributed by atoms with van der Waals surface area (Å²) in [7, 11) is 0. The van der Waals surface area contributed by atoms with Gasteiger partial charge in [-0.25, -0.2) is 0 Å². The Morgan fingerprint density at radius 3 is 2.57 bits per heavy atom. The molecule has 2 aliphatic heterocycles. The average molecular weight is 296 g/mol. The van der Waals surface area contributed by atoms with E-state index in [4.69, 9.17) is 9.47 Å². The van der Waals surface area contributed by atoms with Gasteiger partial charge in [0.15, 0.2) is 6.10 Å². The summed E-state index contributed by atoms with van der Waals surface area (Å²) in [5.74, 6) is 0.302. The van der Waals surface area contributed by atoms with Crippen molar-refractivity contribution < 1.29 is 22.6 Å². The molecule has 0 aromatic heterocycles. The summed E-state index contributed by atoms with van der Waals surface area (Å²) in [5, 5.41) is 0. The first kappa shape index (κ1) is 14.2. The zero-order valence-electron chi connectivity index (χ0n) is 11.3. The molecule has 0 amide bonds. The fourth-order valence-electron chi connectivity index (χ4n) is 2.41. The van der Waals surface area contributed by atoms with E-state index in [0.717, 1.165) is 18.9 Å². The highest BCUT2D eigenvalue weighted by molar-refractivity contribution is 5.53. The number of hydrogen-bond acceptors (Lipinski definition) is 2. The van der Waals surface area contributed by atoms with Gasteiger partial charge >= 0.3 is 6.18 Å². The minimum atomic E-state index is -4.47. The summed E-state index contributed by atoms with van der Waals surface area (Å²) in [5.41, 5.74) is -1.56. The average Bonchev–Trinajstić information content (AvgIpc) is 3.23. The number of allylic oxidation sites excluding steroid dienone is 1. The molecule has 1 saturated heterocycles. The van der Waals surface area contributed by atoms with Gasteiger partial charge in [0.25, 0.3) is 0 Å². The number of rotatable bonds is 3. The lowest BCUT2D eigenvalue weighted by Gasteiger charge is -2.17. The highest BCUT2D eigenvalue weighted by Gasteiger charge is 2.73. The van der Waals surface area contributed by atoms with Crippen LogP contribution in [0.4, 0.5) is 13.2 Å². The van der Waals surface area contributed by atoms with Crippen LogP contribution in [0.5, 0.6) is 0 Å². The van der Waals surface area contributed by atoms with E-state index < -0.39 is 17.9 Å². The Balaban J connectivity index is 1.84. The first-order chi connectivity index (χ1) is 10.0. The summed E-state index contributed by atoms with van der Waals surface area (Å²) < 4.78 is 50.4. The molecule has 0 unspecified atom stereocenters. The first-order valence-electron chi connectivity index (χ1n) is 6.85. The maximum atomic E-state index is 13.3. The molecule has 1 aromatic carbocycles. The highest BCUT2D eigenvalue weighted by Crippen LogP contribution is 2.54. The fourth-order valence-corrected chi connectivity index (χ4v) is 2.41. The van der Waals surface area contributed by atoms with E-state index in [2.05, 4.69) is 0 Å². The molecule has 1 fully saturated rings. The zero-order chi connectivity index (χ0) is 14.9. The van der Waals surface area contributed by atoms with Gasteiger partial charge in [-0.2, -0.15) is 13.2 Å². The second-order valence-corrected chi connectivity index (χ2v) is 5.13. The van der Waals surface area contributed by atoms with E-state index in [1.807, 2.05) is 6.07 Å². The maximum absolute atomic E-state index is 13.3. The van der Waals surface area contributed by atoms with E-state index in [1.165, 1.54) is 6.08 Å². The summed E-state index contributed by atoms with van der Waals surface area (Å²) in [4.78, 5) is 0. The topological polar surface area (TPSA) is 21.8 Å². The molecule has 0 aliphatic carbocycles. The third-order valence-electron chi connectivity index (χ3n) is 3.63. The molecule has 2 heterocycles. The lowest BCUT2D eigenvalue weighted by Crippen LogP contribution is -2.34. The Hall–Kier alpha value is -1.75.